The van der Waals surface area contributed by atoms with Crippen molar-refractivity contribution in [3.8, 4) is 0 Å². The molecule has 2 bridgehead atoms. The van der Waals surface area contributed by atoms with E-state index in [2.05, 4.69) is 35.0 Å². The average molecular weight is 297 g/mol. The number of hydrogen-bond acceptors (Lipinski definition) is 0. The monoisotopic (exact) mass is 296 g/mol. The Morgan fingerprint density at radius 2 is 1.76 bits per heavy atom. The van der Waals surface area contributed by atoms with Gasteiger partial charge in [-0.05, 0) is 36.5 Å². The summed E-state index contributed by atoms with van der Waals surface area (Å²) in [5.74, 6) is 1.79. The zero-order valence-electron chi connectivity index (χ0n) is 11.1. The van der Waals surface area contributed by atoms with E-state index in [9.17, 15) is 0 Å². The SMILES string of the molecule is CCCCCCCCC12CC1(Br)C1C=CC2C1. The highest BCUT2D eigenvalue weighted by molar-refractivity contribution is 9.10. The van der Waals surface area contributed by atoms with Crippen molar-refractivity contribution >= 4 is 15.9 Å². The van der Waals surface area contributed by atoms with Crippen molar-refractivity contribution in [2.24, 2.45) is 17.3 Å². The molecule has 0 heterocycles. The number of halogens is 1. The molecule has 2 fully saturated rings. The van der Waals surface area contributed by atoms with E-state index in [4.69, 9.17) is 0 Å². The Balaban J connectivity index is 1.43. The van der Waals surface area contributed by atoms with Crippen LogP contribution < -0.4 is 0 Å². The molecule has 0 aliphatic heterocycles. The molecule has 0 nitrogen and oxygen atoms in total. The first-order chi connectivity index (χ1) is 8.23. The van der Waals surface area contributed by atoms with Gasteiger partial charge in [-0.2, -0.15) is 0 Å². The lowest BCUT2D eigenvalue weighted by molar-refractivity contribution is 0.353. The number of rotatable bonds is 7. The van der Waals surface area contributed by atoms with Gasteiger partial charge in [0.05, 0.1) is 0 Å². The molecule has 0 saturated heterocycles. The van der Waals surface area contributed by atoms with Crippen LogP contribution in [-0.4, -0.2) is 4.32 Å². The van der Waals surface area contributed by atoms with E-state index in [0.717, 1.165) is 11.8 Å². The zero-order chi connectivity index (χ0) is 11.9. The fourth-order valence-electron chi connectivity index (χ4n) is 4.50. The lowest BCUT2D eigenvalue weighted by atomic mass is 9.85. The first-order valence-corrected chi connectivity index (χ1v) is 8.39. The summed E-state index contributed by atoms with van der Waals surface area (Å²) in [6.07, 6.45) is 18.0. The predicted octanol–water partition coefficient (Wildman–Crippen LogP) is 5.47. The molecule has 0 aromatic heterocycles. The number of unbranched alkanes of at least 4 members (excludes halogenated alkanes) is 5. The standard InChI is InChI=1S/C16H25Br/c1-2-3-4-5-6-7-10-15-12-16(15,17)14-9-8-13(15)11-14/h8-9,13-14H,2-7,10-12H2,1H3. The Hall–Kier alpha value is 0.220. The number of alkyl halides is 1. The topological polar surface area (TPSA) is 0 Å². The van der Waals surface area contributed by atoms with Crippen molar-refractivity contribution in [3.05, 3.63) is 12.2 Å². The third-order valence-corrected chi connectivity index (χ3v) is 7.29. The van der Waals surface area contributed by atoms with Gasteiger partial charge >= 0.3 is 0 Å². The smallest absolute Gasteiger partial charge is 0.0388 e. The molecule has 0 amide bonds. The molecule has 0 spiro atoms. The van der Waals surface area contributed by atoms with Crippen molar-refractivity contribution in [3.63, 3.8) is 0 Å². The Morgan fingerprint density at radius 3 is 2.47 bits per heavy atom. The molecule has 0 radical (unpaired) electrons. The zero-order valence-corrected chi connectivity index (χ0v) is 12.6. The van der Waals surface area contributed by atoms with E-state index in [1.807, 2.05) is 0 Å². The van der Waals surface area contributed by atoms with Crippen LogP contribution in [0.2, 0.25) is 0 Å². The van der Waals surface area contributed by atoms with E-state index >= 15 is 0 Å². The maximum absolute atomic E-state index is 4.07. The van der Waals surface area contributed by atoms with Crippen LogP contribution >= 0.6 is 15.9 Å². The van der Waals surface area contributed by atoms with Crippen LogP contribution in [0.15, 0.2) is 12.2 Å². The fourth-order valence-corrected chi connectivity index (χ4v) is 5.84. The molecular formula is C16H25Br. The van der Waals surface area contributed by atoms with E-state index in [1.165, 1.54) is 57.8 Å². The van der Waals surface area contributed by atoms with Crippen LogP contribution in [0.5, 0.6) is 0 Å². The number of hydrogen-bond donors (Lipinski definition) is 0. The molecule has 4 atom stereocenters. The van der Waals surface area contributed by atoms with Gasteiger partial charge in [-0.3, -0.25) is 0 Å². The van der Waals surface area contributed by atoms with E-state index < -0.39 is 0 Å². The molecule has 4 unspecified atom stereocenters. The molecule has 96 valence electrons. The van der Waals surface area contributed by atoms with Crippen molar-refractivity contribution < 1.29 is 0 Å². The quantitative estimate of drug-likeness (QED) is 0.332. The summed E-state index contributed by atoms with van der Waals surface area (Å²) < 4.78 is 0.544. The Kier molecular flexibility index (Phi) is 3.17. The number of fused-ring (bicyclic) bond motifs is 5. The normalized spacial score (nSPS) is 45.3. The minimum atomic E-state index is 0.544. The summed E-state index contributed by atoms with van der Waals surface area (Å²) in [6.45, 7) is 2.30. The van der Waals surface area contributed by atoms with Crippen molar-refractivity contribution in [1.29, 1.82) is 0 Å². The Morgan fingerprint density at radius 1 is 1.06 bits per heavy atom. The lowest BCUT2D eigenvalue weighted by Crippen LogP contribution is -2.19. The Labute approximate surface area is 114 Å². The molecule has 3 aliphatic rings. The summed E-state index contributed by atoms with van der Waals surface area (Å²) in [5, 5.41) is 0. The van der Waals surface area contributed by atoms with Crippen LogP contribution in [0.1, 0.15) is 64.7 Å². The second kappa shape index (κ2) is 4.40. The van der Waals surface area contributed by atoms with Gasteiger partial charge in [0.15, 0.2) is 0 Å². The predicted molar refractivity (Wildman–Crippen MR) is 77.4 cm³/mol. The van der Waals surface area contributed by atoms with Crippen LogP contribution in [0.25, 0.3) is 0 Å². The van der Waals surface area contributed by atoms with Crippen molar-refractivity contribution in [2.75, 3.05) is 0 Å². The van der Waals surface area contributed by atoms with Gasteiger partial charge in [0, 0.05) is 4.32 Å². The fraction of sp³-hybridized carbons (Fsp3) is 0.875. The highest BCUT2D eigenvalue weighted by Crippen LogP contribution is 2.80. The average Bonchev–Trinajstić information content (AvgIpc) is 2.70. The molecule has 0 aromatic carbocycles. The summed E-state index contributed by atoms with van der Waals surface area (Å²) in [6, 6.07) is 0. The number of allylic oxidation sites excluding steroid dienone is 2. The maximum Gasteiger partial charge on any atom is 0.0388 e. The van der Waals surface area contributed by atoms with Gasteiger partial charge in [-0.25, -0.2) is 0 Å². The van der Waals surface area contributed by atoms with Crippen LogP contribution in [0.3, 0.4) is 0 Å². The highest BCUT2D eigenvalue weighted by Gasteiger charge is 2.76. The van der Waals surface area contributed by atoms with Gasteiger partial charge in [0.2, 0.25) is 0 Å². The molecule has 0 aromatic rings. The molecule has 3 aliphatic carbocycles. The molecule has 0 N–H and O–H groups in total. The highest BCUT2D eigenvalue weighted by atomic mass is 79.9. The van der Waals surface area contributed by atoms with Gasteiger partial charge in [-0.15, -0.1) is 0 Å². The summed E-state index contributed by atoms with van der Waals surface area (Å²) >= 11 is 4.07. The first kappa shape index (κ1) is 12.3. The Bertz CT molecular complexity index is 321. The third kappa shape index (κ3) is 1.76. The first-order valence-electron chi connectivity index (χ1n) is 7.60. The van der Waals surface area contributed by atoms with Gasteiger partial charge < -0.3 is 0 Å². The lowest BCUT2D eigenvalue weighted by Gasteiger charge is -2.22. The summed E-state index contributed by atoms with van der Waals surface area (Å²) in [4.78, 5) is 0. The third-order valence-electron chi connectivity index (χ3n) is 5.63. The minimum Gasteiger partial charge on any atom is -0.0845 e. The summed E-state index contributed by atoms with van der Waals surface area (Å²) in [7, 11) is 0. The van der Waals surface area contributed by atoms with Crippen molar-refractivity contribution in [1.82, 2.24) is 0 Å². The largest absolute Gasteiger partial charge is 0.0845 e. The molecular weight excluding hydrogens is 272 g/mol. The second-order valence-corrected chi connectivity index (χ2v) is 7.96. The van der Waals surface area contributed by atoms with Gasteiger partial charge in [0.25, 0.3) is 0 Å². The van der Waals surface area contributed by atoms with Gasteiger partial charge in [0.1, 0.15) is 0 Å². The van der Waals surface area contributed by atoms with Crippen LogP contribution in [-0.2, 0) is 0 Å². The van der Waals surface area contributed by atoms with E-state index in [1.54, 1.807) is 0 Å². The van der Waals surface area contributed by atoms with Crippen LogP contribution in [0.4, 0.5) is 0 Å². The minimum absolute atomic E-state index is 0.544. The van der Waals surface area contributed by atoms with Gasteiger partial charge in [-0.1, -0.05) is 73.5 Å². The van der Waals surface area contributed by atoms with Crippen molar-refractivity contribution in [2.45, 2.75) is 69.0 Å². The molecule has 2 saturated carbocycles. The maximum atomic E-state index is 4.07. The van der Waals surface area contributed by atoms with Crippen LogP contribution in [0, 0.1) is 17.3 Å². The van der Waals surface area contributed by atoms with E-state index in [0.29, 0.717) is 9.74 Å². The molecule has 3 rings (SSSR count). The molecule has 17 heavy (non-hydrogen) atoms. The second-order valence-electron chi connectivity index (χ2n) is 6.55. The summed E-state index contributed by atoms with van der Waals surface area (Å²) in [5.41, 5.74) is 0.692. The van der Waals surface area contributed by atoms with E-state index in [-0.39, 0.29) is 0 Å². The molecule has 1 heteroatoms.